The van der Waals surface area contributed by atoms with Crippen molar-refractivity contribution < 1.29 is 38.3 Å². The Balaban J connectivity index is 1.97. The molecule has 3 rings (SSSR count). The number of fused-ring (bicyclic) bond motifs is 1. The first kappa shape index (κ1) is 34.8. The number of aromatic nitrogens is 1. The lowest BCUT2D eigenvalue weighted by atomic mass is 10.0. The maximum Gasteiger partial charge on any atom is 0.303 e. The predicted molar refractivity (Wildman–Crippen MR) is 166 cm³/mol. The lowest BCUT2D eigenvalue weighted by Gasteiger charge is -2.24. The summed E-state index contributed by atoms with van der Waals surface area (Å²) < 4.78 is 14.5. The lowest BCUT2D eigenvalue weighted by molar-refractivity contribution is -0.138. The Morgan fingerprint density at radius 1 is 1.16 bits per heavy atom. The van der Waals surface area contributed by atoms with Gasteiger partial charge in [0.2, 0.25) is 5.91 Å². The Labute approximate surface area is 261 Å². The first-order valence-corrected chi connectivity index (χ1v) is 14.9. The summed E-state index contributed by atoms with van der Waals surface area (Å²) >= 11 is 0. The van der Waals surface area contributed by atoms with E-state index in [9.17, 15) is 38.3 Å². The molecule has 1 aromatic heterocycles. The highest BCUT2D eigenvalue weighted by atomic mass is 19.1. The number of imide groups is 1. The number of carboxylic acids is 1. The van der Waals surface area contributed by atoms with Gasteiger partial charge in [0.15, 0.2) is 0 Å². The SMILES string of the molecule is CCN(CC)CCNC(=O)c1c(C)[nH]c(/C=C2\C(=O)N(C(=O)[C@H](CCC(=O)O)NC(=O)C(C)CC=O)c3ccc(F)cc32)c1C. The fraction of sp³-hybridized carbons (Fsp3) is 0.438. The van der Waals surface area contributed by atoms with Crippen LogP contribution in [-0.2, 0) is 24.0 Å². The van der Waals surface area contributed by atoms with Gasteiger partial charge in [-0.15, -0.1) is 0 Å². The summed E-state index contributed by atoms with van der Waals surface area (Å²) in [4.78, 5) is 81.6. The number of anilines is 1. The molecule has 1 aromatic carbocycles. The van der Waals surface area contributed by atoms with Crippen molar-refractivity contribution in [3.63, 3.8) is 0 Å². The zero-order valence-electron chi connectivity index (χ0n) is 26.2. The van der Waals surface area contributed by atoms with Crippen LogP contribution in [0, 0.1) is 25.6 Å². The van der Waals surface area contributed by atoms with Crippen LogP contribution < -0.4 is 15.5 Å². The average molecular weight is 626 g/mol. The van der Waals surface area contributed by atoms with Crippen LogP contribution in [0.15, 0.2) is 18.2 Å². The minimum atomic E-state index is -1.41. The fourth-order valence-electron chi connectivity index (χ4n) is 5.23. The molecule has 1 aliphatic rings. The van der Waals surface area contributed by atoms with Gasteiger partial charge in [0.1, 0.15) is 18.1 Å². The number of carbonyl (C=O) groups is 6. The van der Waals surface area contributed by atoms with Crippen molar-refractivity contribution in [3.8, 4) is 0 Å². The third kappa shape index (κ3) is 8.09. The third-order valence-corrected chi connectivity index (χ3v) is 7.90. The van der Waals surface area contributed by atoms with Crippen molar-refractivity contribution >= 4 is 53.2 Å². The van der Waals surface area contributed by atoms with E-state index in [-0.39, 0.29) is 35.6 Å². The highest BCUT2D eigenvalue weighted by Gasteiger charge is 2.41. The number of amides is 4. The van der Waals surface area contributed by atoms with Crippen LogP contribution >= 0.6 is 0 Å². The Hall–Kier alpha value is -4.65. The molecule has 0 saturated carbocycles. The van der Waals surface area contributed by atoms with Crippen LogP contribution in [0.2, 0.25) is 0 Å². The number of H-pyrrole nitrogens is 1. The second-order valence-corrected chi connectivity index (χ2v) is 10.9. The van der Waals surface area contributed by atoms with Crippen molar-refractivity contribution in [2.24, 2.45) is 5.92 Å². The summed E-state index contributed by atoms with van der Waals surface area (Å²) in [5.41, 5.74) is 2.05. The molecule has 45 heavy (non-hydrogen) atoms. The van der Waals surface area contributed by atoms with Crippen LogP contribution in [0.4, 0.5) is 10.1 Å². The zero-order valence-corrected chi connectivity index (χ0v) is 26.2. The van der Waals surface area contributed by atoms with Gasteiger partial charge in [-0.05, 0) is 63.2 Å². The van der Waals surface area contributed by atoms with Crippen LogP contribution in [0.25, 0.3) is 11.6 Å². The zero-order chi connectivity index (χ0) is 33.4. The molecule has 0 fully saturated rings. The van der Waals surface area contributed by atoms with E-state index >= 15 is 0 Å². The number of likely N-dealkylation sites (N-methyl/N-ethyl adjacent to an activating group) is 1. The molecule has 4 N–H and O–H groups in total. The maximum atomic E-state index is 14.5. The molecule has 0 aliphatic carbocycles. The van der Waals surface area contributed by atoms with E-state index in [1.807, 2.05) is 13.8 Å². The summed E-state index contributed by atoms with van der Waals surface area (Å²) in [6.07, 6.45) is 1.07. The third-order valence-electron chi connectivity index (χ3n) is 7.90. The summed E-state index contributed by atoms with van der Waals surface area (Å²) in [5, 5.41) is 14.6. The summed E-state index contributed by atoms with van der Waals surface area (Å²) in [5.74, 6) is -5.34. The molecule has 0 spiro atoms. The number of aromatic amines is 1. The van der Waals surface area contributed by atoms with Gasteiger partial charge in [-0.3, -0.25) is 24.0 Å². The van der Waals surface area contributed by atoms with Crippen molar-refractivity contribution in [3.05, 3.63) is 52.1 Å². The number of nitrogens with one attached hydrogen (secondary N) is 3. The molecule has 0 bridgehead atoms. The van der Waals surface area contributed by atoms with Gasteiger partial charge in [0.05, 0.1) is 16.8 Å². The van der Waals surface area contributed by atoms with Gasteiger partial charge in [-0.2, -0.15) is 0 Å². The van der Waals surface area contributed by atoms with E-state index in [1.165, 1.54) is 19.1 Å². The molecule has 1 aliphatic heterocycles. The molecule has 12 nitrogen and oxygen atoms in total. The average Bonchev–Trinajstić information content (AvgIpc) is 3.43. The minimum absolute atomic E-state index is 0.0340. The van der Waals surface area contributed by atoms with E-state index in [0.717, 1.165) is 30.1 Å². The Morgan fingerprint density at radius 3 is 2.47 bits per heavy atom. The van der Waals surface area contributed by atoms with E-state index in [1.54, 1.807) is 13.8 Å². The first-order chi connectivity index (χ1) is 21.3. The molecular weight excluding hydrogens is 585 g/mol. The molecule has 1 unspecified atom stereocenters. The number of halogens is 1. The lowest BCUT2D eigenvalue weighted by Crippen LogP contribution is -2.51. The number of hydrogen-bond acceptors (Lipinski definition) is 7. The quantitative estimate of drug-likeness (QED) is 0.173. The Bertz CT molecular complexity index is 1510. The first-order valence-electron chi connectivity index (χ1n) is 14.9. The van der Waals surface area contributed by atoms with Crippen LogP contribution in [0.3, 0.4) is 0 Å². The van der Waals surface area contributed by atoms with Gasteiger partial charge < -0.3 is 30.4 Å². The summed E-state index contributed by atoms with van der Waals surface area (Å²) in [7, 11) is 0. The highest BCUT2D eigenvalue weighted by molar-refractivity contribution is 6.42. The number of aryl methyl sites for hydroxylation is 1. The number of hydrogen-bond donors (Lipinski definition) is 4. The molecule has 242 valence electrons. The molecular formula is C32H40FN5O7. The molecule has 2 heterocycles. The largest absolute Gasteiger partial charge is 0.481 e. The number of aldehydes is 1. The monoisotopic (exact) mass is 625 g/mol. The normalized spacial score (nSPS) is 14.8. The Morgan fingerprint density at radius 2 is 1.84 bits per heavy atom. The number of benzene rings is 1. The summed E-state index contributed by atoms with van der Waals surface area (Å²) in [6.45, 7) is 11.8. The van der Waals surface area contributed by atoms with Gasteiger partial charge in [-0.25, -0.2) is 9.29 Å². The van der Waals surface area contributed by atoms with Gasteiger partial charge in [-0.1, -0.05) is 20.8 Å². The number of carboxylic acid groups (broad SMARTS) is 1. The molecule has 0 radical (unpaired) electrons. The number of rotatable bonds is 15. The minimum Gasteiger partial charge on any atom is -0.481 e. The topological polar surface area (TPSA) is 169 Å². The van der Waals surface area contributed by atoms with Crippen molar-refractivity contribution in [1.82, 2.24) is 20.5 Å². The predicted octanol–water partition coefficient (Wildman–Crippen LogP) is 2.83. The molecule has 0 saturated heterocycles. The highest BCUT2D eigenvalue weighted by Crippen LogP contribution is 2.39. The molecule has 2 aromatic rings. The number of nitrogens with zero attached hydrogens (tertiary/aromatic N) is 2. The molecule has 2 atom stereocenters. The number of aliphatic carboxylic acids is 1. The van der Waals surface area contributed by atoms with Gasteiger partial charge >= 0.3 is 5.97 Å². The summed E-state index contributed by atoms with van der Waals surface area (Å²) in [6, 6.07) is 2.03. The smallest absolute Gasteiger partial charge is 0.303 e. The fourth-order valence-corrected chi connectivity index (χ4v) is 5.23. The van der Waals surface area contributed by atoms with Gasteiger partial charge in [0.25, 0.3) is 17.7 Å². The second kappa shape index (κ2) is 15.4. The van der Waals surface area contributed by atoms with Crippen molar-refractivity contribution in [2.75, 3.05) is 31.1 Å². The number of carbonyl (C=O) groups excluding carboxylic acids is 5. The Kier molecular flexibility index (Phi) is 11.9. The van der Waals surface area contributed by atoms with Crippen LogP contribution in [0.5, 0.6) is 0 Å². The van der Waals surface area contributed by atoms with Crippen LogP contribution in [-0.4, -0.2) is 83.1 Å². The maximum absolute atomic E-state index is 14.5. The second-order valence-electron chi connectivity index (χ2n) is 10.9. The van der Waals surface area contributed by atoms with Crippen molar-refractivity contribution in [2.45, 2.75) is 59.9 Å². The van der Waals surface area contributed by atoms with E-state index < -0.39 is 47.9 Å². The molecule has 13 heteroatoms. The van der Waals surface area contributed by atoms with Crippen LogP contribution in [0.1, 0.15) is 72.9 Å². The van der Waals surface area contributed by atoms with Crippen molar-refractivity contribution in [1.29, 1.82) is 0 Å². The van der Waals surface area contributed by atoms with E-state index in [2.05, 4.69) is 20.5 Å². The van der Waals surface area contributed by atoms with E-state index in [0.29, 0.717) is 41.9 Å². The van der Waals surface area contributed by atoms with Gasteiger partial charge in [0, 0.05) is 48.8 Å². The standard InChI is InChI=1S/C32H40FN5O7/c1-6-37(7-2)14-13-34-30(43)28-19(4)25(35-20(28)5)17-23-22-16-21(33)8-10-26(22)38(31(23)44)32(45)24(9-11-27(40)41)36-29(42)18(3)12-15-39/h8,10,15-18,24,35H,6-7,9,11-14H2,1-5H3,(H,34,43)(H,36,42)(H,40,41)/b23-17-/t18?,24-/m0/s1. The molecule has 4 amide bonds. The van der Waals surface area contributed by atoms with E-state index in [4.69, 9.17) is 0 Å².